The van der Waals surface area contributed by atoms with Gasteiger partial charge in [-0.2, -0.15) is 0 Å². The molecule has 6 nitrogen and oxygen atoms in total. The minimum Gasteiger partial charge on any atom is -0.292 e. The van der Waals surface area contributed by atoms with Crippen LogP contribution in [0, 0.1) is 0 Å². The maximum absolute atomic E-state index is 12.2. The van der Waals surface area contributed by atoms with E-state index >= 15 is 0 Å². The second-order valence-electron chi connectivity index (χ2n) is 4.57. The van der Waals surface area contributed by atoms with Gasteiger partial charge in [0.1, 0.15) is 0 Å². The Bertz CT molecular complexity index is 484. The van der Waals surface area contributed by atoms with Crippen molar-refractivity contribution in [3.8, 4) is 0 Å². The first-order valence-electron chi connectivity index (χ1n) is 6.62. The molecule has 1 aromatic carbocycles. The highest BCUT2D eigenvalue weighted by Crippen LogP contribution is 2.20. The Morgan fingerprint density at radius 3 is 2.35 bits per heavy atom. The van der Waals surface area contributed by atoms with Crippen LogP contribution in [0.4, 0.5) is 10.5 Å². The van der Waals surface area contributed by atoms with Crippen LogP contribution >= 0.6 is 0 Å². The fourth-order valence-electron chi connectivity index (χ4n) is 2.24. The minimum atomic E-state index is -0.937. The molecular weight excluding hydrogens is 258 g/mol. The van der Waals surface area contributed by atoms with Crippen LogP contribution in [0.3, 0.4) is 0 Å². The van der Waals surface area contributed by atoms with E-state index in [4.69, 9.17) is 0 Å². The van der Waals surface area contributed by atoms with Crippen molar-refractivity contribution in [3.05, 3.63) is 30.3 Å². The van der Waals surface area contributed by atoms with E-state index in [0.717, 1.165) is 32.4 Å². The number of benzene rings is 1. The Labute approximate surface area is 117 Å². The number of carbonyl (C=O) groups excluding carboxylic acids is 3. The minimum absolute atomic E-state index is 0.0945. The number of hydrogen-bond acceptors (Lipinski definition) is 4. The third-order valence-electron chi connectivity index (χ3n) is 3.15. The lowest BCUT2D eigenvalue weighted by Crippen LogP contribution is -2.54. The topological polar surface area (TPSA) is 69.7 Å². The summed E-state index contributed by atoms with van der Waals surface area (Å²) in [7, 11) is 0. The van der Waals surface area contributed by atoms with Crippen molar-refractivity contribution in [1.29, 1.82) is 0 Å². The van der Waals surface area contributed by atoms with Crippen LogP contribution in [0.2, 0.25) is 0 Å². The zero-order valence-corrected chi connectivity index (χ0v) is 11.1. The number of amides is 3. The summed E-state index contributed by atoms with van der Waals surface area (Å²) >= 11 is 0. The molecule has 20 heavy (non-hydrogen) atoms. The molecule has 1 fully saturated rings. The molecule has 106 valence electrons. The van der Waals surface area contributed by atoms with Crippen LogP contribution in [0.1, 0.15) is 19.3 Å². The monoisotopic (exact) mass is 275 g/mol. The Kier molecular flexibility index (Phi) is 4.84. The van der Waals surface area contributed by atoms with Gasteiger partial charge in [-0.3, -0.25) is 14.9 Å². The number of nitrogens with zero attached hydrogens (tertiary/aromatic N) is 2. The first kappa shape index (κ1) is 14.2. The first-order valence-corrected chi connectivity index (χ1v) is 6.62. The number of para-hydroxylation sites is 1. The largest absolute Gasteiger partial charge is 0.343 e. The number of urea groups is 1. The van der Waals surface area contributed by atoms with Gasteiger partial charge in [-0.25, -0.2) is 14.8 Å². The molecule has 0 saturated carbocycles. The summed E-state index contributed by atoms with van der Waals surface area (Å²) in [5.41, 5.74) is 0.672. The lowest BCUT2D eigenvalue weighted by molar-refractivity contribution is -0.130. The number of imide groups is 1. The van der Waals surface area contributed by atoms with Crippen LogP contribution in [-0.4, -0.2) is 36.3 Å². The van der Waals surface area contributed by atoms with Gasteiger partial charge >= 0.3 is 6.03 Å². The van der Waals surface area contributed by atoms with Crippen molar-refractivity contribution >= 4 is 23.9 Å². The summed E-state index contributed by atoms with van der Waals surface area (Å²) in [4.78, 5) is 33.7. The average Bonchev–Trinajstić information content (AvgIpc) is 2.49. The highest BCUT2D eigenvalue weighted by atomic mass is 16.2. The molecule has 1 N–H and O–H groups in total. The van der Waals surface area contributed by atoms with Crippen LogP contribution in [-0.2, 0) is 9.59 Å². The average molecular weight is 275 g/mol. The third-order valence-corrected chi connectivity index (χ3v) is 3.15. The molecule has 0 unspecified atom stereocenters. The Morgan fingerprint density at radius 1 is 1.10 bits per heavy atom. The summed E-state index contributed by atoms with van der Waals surface area (Å²) in [6, 6.07) is 8.48. The number of carbonyl (C=O) groups is 3. The normalized spacial score (nSPS) is 15.4. The molecule has 0 radical (unpaired) electrons. The number of rotatable bonds is 3. The molecule has 0 bridgehead atoms. The molecule has 1 aromatic rings. The SMILES string of the molecule is O=CC(=O)NC(=O)N(c1ccccc1)N1CCCCC1. The van der Waals surface area contributed by atoms with Gasteiger partial charge in [0.25, 0.3) is 5.91 Å². The predicted molar refractivity (Wildman–Crippen MR) is 73.9 cm³/mol. The second kappa shape index (κ2) is 6.81. The van der Waals surface area contributed by atoms with Crippen LogP contribution in [0.5, 0.6) is 0 Å². The van der Waals surface area contributed by atoms with Crippen molar-refractivity contribution in [2.24, 2.45) is 0 Å². The molecule has 2 rings (SSSR count). The van der Waals surface area contributed by atoms with Crippen molar-refractivity contribution in [3.63, 3.8) is 0 Å². The molecule has 0 aromatic heterocycles. The molecule has 1 saturated heterocycles. The molecule has 6 heteroatoms. The molecular formula is C14H17N3O3. The number of piperidine rings is 1. The number of nitrogens with one attached hydrogen (secondary N) is 1. The summed E-state index contributed by atoms with van der Waals surface area (Å²) in [5, 5.41) is 5.39. The smallest absolute Gasteiger partial charge is 0.292 e. The van der Waals surface area contributed by atoms with Gasteiger partial charge in [0.15, 0.2) is 0 Å². The van der Waals surface area contributed by atoms with Gasteiger partial charge in [0.05, 0.1) is 5.69 Å². The number of hydrazine groups is 1. The molecule has 0 atom stereocenters. The Balaban J connectivity index is 2.21. The van der Waals surface area contributed by atoms with Gasteiger partial charge in [0, 0.05) is 13.1 Å². The molecule has 1 heterocycles. The third kappa shape index (κ3) is 3.42. The van der Waals surface area contributed by atoms with E-state index in [0.29, 0.717) is 5.69 Å². The standard InChI is InChI=1S/C14H17N3O3/c18-11-13(19)15-14(20)17(12-7-3-1-4-8-12)16-9-5-2-6-10-16/h1,3-4,7-8,11H,2,5-6,9-10H2,(H,15,19,20). The second-order valence-corrected chi connectivity index (χ2v) is 4.57. The van der Waals surface area contributed by atoms with Crippen LogP contribution in [0.25, 0.3) is 0 Å². The van der Waals surface area contributed by atoms with Crippen LogP contribution in [0.15, 0.2) is 30.3 Å². The Hall–Kier alpha value is -2.21. The molecule has 0 spiro atoms. The van der Waals surface area contributed by atoms with Gasteiger partial charge in [-0.05, 0) is 25.0 Å². The Morgan fingerprint density at radius 2 is 1.75 bits per heavy atom. The van der Waals surface area contributed by atoms with E-state index in [1.54, 1.807) is 12.1 Å². The summed E-state index contributed by atoms with van der Waals surface area (Å²) in [6.07, 6.45) is 3.22. The molecule has 1 aliphatic rings. The number of hydrogen-bond donors (Lipinski definition) is 1. The van der Waals surface area contributed by atoms with Crippen molar-refractivity contribution < 1.29 is 14.4 Å². The maximum Gasteiger partial charge on any atom is 0.343 e. The van der Waals surface area contributed by atoms with E-state index in [2.05, 4.69) is 5.32 Å². The van der Waals surface area contributed by atoms with E-state index in [-0.39, 0.29) is 6.29 Å². The van der Waals surface area contributed by atoms with Crippen molar-refractivity contribution in [2.45, 2.75) is 19.3 Å². The summed E-state index contributed by atoms with van der Waals surface area (Å²) in [5.74, 6) is -0.937. The number of anilines is 1. The summed E-state index contributed by atoms with van der Waals surface area (Å²) in [6.45, 7) is 1.50. The van der Waals surface area contributed by atoms with E-state index in [1.807, 2.05) is 23.2 Å². The fourth-order valence-corrected chi connectivity index (χ4v) is 2.24. The quantitative estimate of drug-likeness (QED) is 0.667. The van der Waals surface area contributed by atoms with Crippen molar-refractivity contribution in [1.82, 2.24) is 10.3 Å². The predicted octanol–water partition coefficient (Wildman–Crippen LogP) is 1.33. The zero-order valence-electron chi connectivity index (χ0n) is 11.1. The number of aldehydes is 1. The van der Waals surface area contributed by atoms with Gasteiger partial charge < -0.3 is 0 Å². The van der Waals surface area contributed by atoms with Gasteiger partial charge in [0.2, 0.25) is 6.29 Å². The highest BCUT2D eigenvalue weighted by molar-refractivity contribution is 6.28. The maximum atomic E-state index is 12.2. The van der Waals surface area contributed by atoms with Crippen molar-refractivity contribution in [2.75, 3.05) is 18.1 Å². The van der Waals surface area contributed by atoms with Crippen LogP contribution < -0.4 is 10.3 Å². The molecule has 1 aliphatic heterocycles. The van der Waals surface area contributed by atoms with E-state index in [9.17, 15) is 14.4 Å². The fraction of sp³-hybridized carbons (Fsp3) is 0.357. The van der Waals surface area contributed by atoms with E-state index in [1.165, 1.54) is 5.01 Å². The first-order chi connectivity index (χ1) is 9.72. The van der Waals surface area contributed by atoms with E-state index < -0.39 is 11.9 Å². The molecule has 3 amide bonds. The molecule has 0 aliphatic carbocycles. The lowest BCUT2D eigenvalue weighted by atomic mass is 10.1. The van der Waals surface area contributed by atoms with Gasteiger partial charge in [-0.1, -0.05) is 24.6 Å². The lowest BCUT2D eigenvalue weighted by Gasteiger charge is -2.36. The highest BCUT2D eigenvalue weighted by Gasteiger charge is 2.25. The zero-order chi connectivity index (χ0) is 14.4. The summed E-state index contributed by atoms with van der Waals surface area (Å²) < 4.78 is 0. The van der Waals surface area contributed by atoms with Gasteiger partial charge in [-0.15, -0.1) is 0 Å².